The Morgan fingerprint density at radius 3 is 2.50 bits per heavy atom. The van der Waals surface area contributed by atoms with Gasteiger partial charge in [0.15, 0.2) is 0 Å². The number of nitrogens with one attached hydrogen (secondary N) is 1. The molecule has 0 saturated heterocycles. The van der Waals surface area contributed by atoms with Crippen molar-refractivity contribution in [1.29, 1.82) is 0 Å². The third-order valence-electron chi connectivity index (χ3n) is 2.79. The third-order valence-corrected chi connectivity index (χ3v) is 3.65. The Bertz CT molecular complexity index is 540. The minimum Gasteiger partial charge on any atom is -0.396 e. The van der Waals surface area contributed by atoms with E-state index >= 15 is 0 Å². The fourth-order valence-corrected chi connectivity index (χ4v) is 2.17. The number of anilines is 2. The number of halogens is 2. The van der Waals surface area contributed by atoms with E-state index in [1.807, 2.05) is 24.3 Å². The molecule has 2 rings (SSSR count). The van der Waals surface area contributed by atoms with Crippen LogP contribution in [0.5, 0.6) is 0 Å². The fraction of sp³-hybridized carbons (Fsp3) is 0.143. The summed E-state index contributed by atoms with van der Waals surface area (Å²) in [6, 6.07) is 14.0. The first kappa shape index (κ1) is 13.2. The molecule has 0 aromatic heterocycles. The summed E-state index contributed by atoms with van der Waals surface area (Å²) in [5.41, 5.74) is 8.57. The van der Waals surface area contributed by atoms with Crippen LogP contribution in [0.2, 0.25) is 5.02 Å². The molecule has 3 N–H and O–H groups in total. The Labute approximate surface area is 120 Å². The van der Waals surface area contributed by atoms with Crippen LogP contribution in [0.4, 0.5) is 11.4 Å². The lowest BCUT2D eigenvalue weighted by molar-refractivity contribution is 0.885. The normalized spacial score (nSPS) is 12.2. The van der Waals surface area contributed by atoms with E-state index < -0.39 is 0 Å². The molecule has 18 heavy (non-hydrogen) atoms. The van der Waals surface area contributed by atoms with Crippen LogP contribution in [0.3, 0.4) is 0 Å². The van der Waals surface area contributed by atoms with E-state index in [0.29, 0.717) is 10.7 Å². The Kier molecular flexibility index (Phi) is 4.15. The van der Waals surface area contributed by atoms with Crippen molar-refractivity contribution in [3.05, 3.63) is 57.5 Å². The zero-order valence-electron chi connectivity index (χ0n) is 9.95. The molecule has 0 bridgehead atoms. The molecular formula is C14H14BrClN2. The maximum Gasteiger partial charge on any atom is 0.0739 e. The number of nitrogens with two attached hydrogens (primary N) is 1. The molecule has 0 radical (unpaired) electrons. The number of para-hydroxylation sites is 1. The molecule has 0 spiro atoms. The smallest absolute Gasteiger partial charge is 0.0739 e. The monoisotopic (exact) mass is 324 g/mol. The molecule has 4 heteroatoms. The van der Waals surface area contributed by atoms with Gasteiger partial charge in [-0.25, -0.2) is 0 Å². The van der Waals surface area contributed by atoms with Gasteiger partial charge in [-0.05, 0) is 36.8 Å². The van der Waals surface area contributed by atoms with Gasteiger partial charge in [-0.1, -0.05) is 45.7 Å². The predicted molar refractivity (Wildman–Crippen MR) is 82.0 cm³/mol. The minimum atomic E-state index is 0.166. The van der Waals surface area contributed by atoms with Crippen LogP contribution in [0.1, 0.15) is 18.5 Å². The van der Waals surface area contributed by atoms with E-state index in [0.717, 1.165) is 10.2 Å². The number of hydrogen-bond donors (Lipinski definition) is 2. The van der Waals surface area contributed by atoms with E-state index in [1.54, 1.807) is 6.07 Å². The Morgan fingerprint density at radius 1 is 1.17 bits per heavy atom. The van der Waals surface area contributed by atoms with Gasteiger partial charge in [0.2, 0.25) is 0 Å². The molecule has 0 aliphatic rings. The number of rotatable bonds is 3. The molecule has 0 fully saturated rings. The average molecular weight is 326 g/mol. The minimum absolute atomic E-state index is 0.166. The highest BCUT2D eigenvalue weighted by atomic mass is 79.9. The van der Waals surface area contributed by atoms with Crippen molar-refractivity contribution in [1.82, 2.24) is 0 Å². The van der Waals surface area contributed by atoms with Crippen molar-refractivity contribution in [3.8, 4) is 0 Å². The van der Waals surface area contributed by atoms with E-state index in [2.05, 4.69) is 40.3 Å². The van der Waals surface area contributed by atoms with Crippen molar-refractivity contribution in [2.45, 2.75) is 13.0 Å². The second kappa shape index (κ2) is 5.63. The Hall–Kier alpha value is -1.19. The van der Waals surface area contributed by atoms with E-state index in [9.17, 15) is 0 Å². The first-order chi connectivity index (χ1) is 8.58. The van der Waals surface area contributed by atoms with Crippen molar-refractivity contribution in [2.24, 2.45) is 0 Å². The van der Waals surface area contributed by atoms with Gasteiger partial charge in [-0.3, -0.25) is 0 Å². The predicted octanol–water partition coefficient (Wildman–Crippen LogP) is 4.86. The number of hydrogen-bond acceptors (Lipinski definition) is 2. The number of benzene rings is 2. The highest BCUT2D eigenvalue weighted by Gasteiger charge is 2.08. The third kappa shape index (κ3) is 2.98. The molecule has 0 amide bonds. The molecule has 2 aromatic rings. The molecular weight excluding hydrogens is 312 g/mol. The lowest BCUT2D eigenvalue weighted by Crippen LogP contribution is -2.08. The Morgan fingerprint density at radius 2 is 1.83 bits per heavy atom. The zero-order chi connectivity index (χ0) is 13.1. The van der Waals surface area contributed by atoms with Crippen LogP contribution in [0.15, 0.2) is 46.9 Å². The van der Waals surface area contributed by atoms with Gasteiger partial charge >= 0.3 is 0 Å². The van der Waals surface area contributed by atoms with Gasteiger partial charge < -0.3 is 11.1 Å². The van der Waals surface area contributed by atoms with Crippen LogP contribution >= 0.6 is 27.5 Å². The van der Waals surface area contributed by atoms with Gasteiger partial charge in [0, 0.05) is 10.5 Å². The standard InChI is InChI=1S/C14H14BrClN2/c1-9(10-5-7-11(15)8-6-10)18-13-4-2-3-12(16)14(13)17/h2-9,18H,17H2,1H3. The van der Waals surface area contributed by atoms with Gasteiger partial charge in [0.25, 0.3) is 0 Å². The summed E-state index contributed by atoms with van der Waals surface area (Å²) in [4.78, 5) is 0. The lowest BCUT2D eigenvalue weighted by atomic mass is 10.1. The molecule has 1 unspecified atom stereocenters. The molecule has 2 nitrogen and oxygen atoms in total. The van der Waals surface area contributed by atoms with Crippen LogP contribution in [-0.4, -0.2) is 0 Å². The quantitative estimate of drug-likeness (QED) is 0.791. The van der Waals surface area contributed by atoms with Crippen molar-refractivity contribution >= 4 is 38.9 Å². The second-order valence-corrected chi connectivity index (χ2v) is 5.44. The lowest BCUT2D eigenvalue weighted by Gasteiger charge is -2.17. The highest BCUT2D eigenvalue weighted by Crippen LogP contribution is 2.30. The largest absolute Gasteiger partial charge is 0.396 e. The summed E-state index contributed by atoms with van der Waals surface area (Å²) >= 11 is 9.42. The van der Waals surface area contributed by atoms with Crippen molar-refractivity contribution in [3.63, 3.8) is 0 Å². The van der Waals surface area contributed by atoms with E-state index in [4.69, 9.17) is 17.3 Å². The summed E-state index contributed by atoms with van der Waals surface area (Å²) < 4.78 is 1.07. The van der Waals surface area contributed by atoms with E-state index in [1.165, 1.54) is 5.56 Å². The van der Waals surface area contributed by atoms with Crippen LogP contribution < -0.4 is 11.1 Å². The fourth-order valence-electron chi connectivity index (χ4n) is 1.73. The summed E-state index contributed by atoms with van der Waals surface area (Å²) in [6.45, 7) is 2.09. The first-order valence-corrected chi connectivity index (χ1v) is 6.81. The molecule has 2 aromatic carbocycles. The summed E-state index contributed by atoms with van der Waals surface area (Å²) in [7, 11) is 0. The summed E-state index contributed by atoms with van der Waals surface area (Å²) in [6.07, 6.45) is 0. The summed E-state index contributed by atoms with van der Waals surface area (Å²) in [5, 5.41) is 3.93. The Balaban J connectivity index is 2.18. The molecule has 0 aliphatic carbocycles. The average Bonchev–Trinajstić information content (AvgIpc) is 2.36. The molecule has 94 valence electrons. The van der Waals surface area contributed by atoms with E-state index in [-0.39, 0.29) is 6.04 Å². The van der Waals surface area contributed by atoms with Crippen LogP contribution in [0, 0.1) is 0 Å². The second-order valence-electron chi connectivity index (χ2n) is 4.12. The van der Waals surface area contributed by atoms with Crippen LogP contribution in [0.25, 0.3) is 0 Å². The molecule has 0 heterocycles. The molecule has 0 aliphatic heterocycles. The topological polar surface area (TPSA) is 38.0 Å². The molecule has 1 atom stereocenters. The highest BCUT2D eigenvalue weighted by molar-refractivity contribution is 9.10. The van der Waals surface area contributed by atoms with Gasteiger partial charge in [0.05, 0.1) is 16.4 Å². The SMILES string of the molecule is CC(Nc1cccc(Cl)c1N)c1ccc(Br)cc1. The maximum atomic E-state index is 5.99. The van der Waals surface area contributed by atoms with Gasteiger partial charge in [-0.15, -0.1) is 0 Å². The first-order valence-electron chi connectivity index (χ1n) is 5.64. The van der Waals surface area contributed by atoms with Crippen molar-refractivity contribution in [2.75, 3.05) is 11.1 Å². The molecule has 0 saturated carbocycles. The van der Waals surface area contributed by atoms with Gasteiger partial charge in [-0.2, -0.15) is 0 Å². The van der Waals surface area contributed by atoms with Gasteiger partial charge in [0.1, 0.15) is 0 Å². The summed E-state index contributed by atoms with van der Waals surface area (Å²) in [5.74, 6) is 0. The van der Waals surface area contributed by atoms with Crippen molar-refractivity contribution < 1.29 is 0 Å². The number of nitrogen functional groups attached to an aromatic ring is 1. The van der Waals surface area contributed by atoms with Crippen LogP contribution in [-0.2, 0) is 0 Å². The zero-order valence-corrected chi connectivity index (χ0v) is 12.3. The maximum absolute atomic E-state index is 5.99.